The van der Waals surface area contributed by atoms with Crippen molar-refractivity contribution in [2.75, 3.05) is 6.54 Å². The fourth-order valence-electron chi connectivity index (χ4n) is 1.99. The van der Waals surface area contributed by atoms with Gasteiger partial charge in [-0.1, -0.05) is 23.7 Å². The zero-order valence-corrected chi connectivity index (χ0v) is 9.61. The molecule has 2 N–H and O–H groups in total. The number of nitrogens with two attached hydrogens (primary N) is 1. The topological polar surface area (TPSA) is 26.0 Å². The van der Waals surface area contributed by atoms with Crippen molar-refractivity contribution in [3.63, 3.8) is 0 Å². The summed E-state index contributed by atoms with van der Waals surface area (Å²) in [5.74, 6) is -0.494. The van der Waals surface area contributed by atoms with Gasteiger partial charge in [0, 0.05) is 13.0 Å². The Hall–Kier alpha value is -0.670. The molecule has 0 bridgehead atoms. The van der Waals surface area contributed by atoms with E-state index in [2.05, 4.69) is 0 Å². The predicted molar refractivity (Wildman–Crippen MR) is 60.7 cm³/mol. The Bertz CT molecular complexity index is 393. The number of alkyl halides is 1. The van der Waals surface area contributed by atoms with E-state index in [1.54, 1.807) is 12.1 Å². The Balaban J connectivity index is 2.22. The fourth-order valence-corrected chi connectivity index (χ4v) is 2.18. The van der Waals surface area contributed by atoms with Crippen LogP contribution in [0, 0.1) is 11.7 Å². The summed E-state index contributed by atoms with van der Waals surface area (Å²) in [6.45, 7) is -0.0372. The van der Waals surface area contributed by atoms with Gasteiger partial charge in [-0.15, -0.1) is 0 Å². The minimum absolute atomic E-state index is 0.0110. The summed E-state index contributed by atoms with van der Waals surface area (Å²) in [4.78, 5) is 0. The molecule has 88 valence electrons. The third-order valence-electron chi connectivity index (χ3n) is 3.16. The van der Waals surface area contributed by atoms with Gasteiger partial charge in [0.1, 0.15) is 11.5 Å². The molecule has 1 fully saturated rings. The second-order valence-corrected chi connectivity index (χ2v) is 4.78. The van der Waals surface area contributed by atoms with Gasteiger partial charge in [-0.25, -0.2) is 8.78 Å². The minimum atomic E-state index is -1.43. The molecular weight excluding hydrogens is 232 g/mol. The van der Waals surface area contributed by atoms with Crippen molar-refractivity contribution < 1.29 is 8.78 Å². The van der Waals surface area contributed by atoms with Crippen LogP contribution in [0.2, 0.25) is 5.02 Å². The number of benzene rings is 1. The van der Waals surface area contributed by atoms with Crippen molar-refractivity contribution in [3.05, 3.63) is 34.6 Å². The van der Waals surface area contributed by atoms with Gasteiger partial charge in [-0.2, -0.15) is 0 Å². The summed E-state index contributed by atoms with van der Waals surface area (Å²) >= 11 is 5.80. The zero-order chi connectivity index (χ0) is 11.8. The first kappa shape index (κ1) is 11.8. The molecule has 0 radical (unpaired) electrons. The van der Waals surface area contributed by atoms with Crippen LogP contribution in [-0.4, -0.2) is 12.2 Å². The largest absolute Gasteiger partial charge is 0.328 e. The smallest absolute Gasteiger partial charge is 0.142 e. The lowest BCUT2D eigenvalue weighted by Crippen LogP contribution is -2.37. The van der Waals surface area contributed by atoms with Crippen LogP contribution in [0.25, 0.3) is 0 Å². The van der Waals surface area contributed by atoms with Gasteiger partial charge in [0.2, 0.25) is 0 Å². The monoisotopic (exact) mass is 245 g/mol. The van der Waals surface area contributed by atoms with Crippen LogP contribution >= 0.6 is 11.6 Å². The van der Waals surface area contributed by atoms with Crippen molar-refractivity contribution >= 4 is 11.6 Å². The van der Waals surface area contributed by atoms with E-state index in [1.807, 2.05) is 0 Å². The van der Waals surface area contributed by atoms with Crippen molar-refractivity contribution in [2.24, 2.45) is 11.7 Å². The van der Waals surface area contributed by atoms with Gasteiger partial charge in [0.05, 0.1) is 5.02 Å². The molecule has 1 aromatic carbocycles. The third kappa shape index (κ3) is 2.20. The van der Waals surface area contributed by atoms with Crippen LogP contribution in [-0.2, 0) is 6.42 Å². The summed E-state index contributed by atoms with van der Waals surface area (Å²) in [6, 6.07) is 4.46. The first-order valence-electron chi connectivity index (χ1n) is 5.39. The second-order valence-electron chi connectivity index (χ2n) is 4.40. The lowest BCUT2D eigenvalue weighted by Gasteiger charge is -2.24. The van der Waals surface area contributed by atoms with Crippen LogP contribution in [0.5, 0.6) is 0 Å². The second kappa shape index (κ2) is 4.30. The highest BCUT2D eigenvalue weighted by atomic mass is 35.5. The molecule has 16 heavy (non-hydrogen) atoms. The average molecular weight is 246 g/mol. The van der Waals surface area contributed by atoms with Gasteiger partial charge in [-0.3, -0.25) is 0 Å². The third-order valence-corrected chi connectivity index (χ3v) is 3.59. The van der Waals surface area contributed by atoms with E-state index >= 15 is 0 Å². The van der Waals surface area contributed by atoms with Gasteiger partial charge < -0.3 is 5.73 Å². The van der Waals surface area contributed by atoms with E-state index in [9.17, 15) is 8.78 Å². The van der Waals surface area contributed by atoms with E-state index in [4.69, 9.17) is 17.3 Å². The molecule has 1 atom stereocenters. The average Bonchev–Trinajstić information content (AvgIpc) is 3.08. The van der Waals surface area contributed by atoms with Crippen LogP contribution < -0.4 is 5.73 Å². The highest BCUT2D eigenvalue weighted by molar-refractivity contribution is 6.31. The predicted octanol–water partition coefficient (Wildman–Crippen LogP) is 3.10. The molecule has 1 aromatic rings. The van der Waals surface area contributed by atoms with Crippen LogP contribution in [0.4, 0.5) is 8.78 Å². The molecule has 0 saturated heterocycles. The number of rotatable bonds is 4. The maximum atomic E-state index is 14.4. The Morgan fingerprint density at radius 3 is 2.69 bits per heavy atom. The van der Waals surface area contributed by atoms with E-state index in [0.717, 1.165) is 12.8 Å². The molecule has 2 rings (SSSR count). The van der Waals surface area contributed by atoms with Crippen LogP contribution in [0.15, 0.2) is 18.2 Å². The molecule has 0 aliphatic heterocycles. The SMILES string of the molecule is NCC(F)(Cc1cccc(F)c1Cl)C1CC1. The summed E-state index contributed by atoms with van der Waals surface area (Å²) in [5, 5.41) is 0.0126. The molecule has 0 aromatic heterocycles. The Labute approximate surface area is 98.6 Å². The summed E-state index contributed by atoms with van der Waals surface area (Å²) in [5.41, 5.74) is 4.54. The van der Waals surface area contributed by atoms with Crippen LogP contribution in [0.1, 0.15) is 18.4 Å². The zero-order valence-electron chi connectivity index (χ0n) is 8.85. The van der Waals surface area contributed by atoms with Gasteiger partial charge in [0.15, 0.2) is 0 Å². The fraction of sp³-hybridized carbons (Fsp3) is 0.500. The molecule has 1 aliphatic rings. The van der Waals surface area contributed by atoms with Crippen molar-refractivity contribution in [1.29, 1.82) is 0 Å². The molecule has 0 heterocycles. The summed E-state index contributed by atoms with van der Waals surface area (Å²) < 4.78 is 27.6. The normalized spacial score (nSPS) is 19.5. The van der Waals surface area contributed by atoms with E-state index in [0.29, 0.717) is 5.56 Å². The highest BCUT2D eigenvalue weighted by Crippen LogP contribution is 2.44. The van der Waals surface area contributed by atoms with Gasteiger partial charge >= 0.3 is 0 Å². The lowest BCUT2D eigenvalue weighted by molar-refractivity contribution is 0.142. The maximum absolute atomic E-state index is 14.4. The molecule has 1 unspecified atom stereocenters. The van der Waals surface area contributed by atoms with Crippen molar-refractivity contribution in [2.45, 2.75) is 24.9 Å². The van der Waals surface area contributed by atoms with Crippen molar-refractivity contribution in [3.8, 4) is 0 Å². The molecule has 1 saturated carbocycles. The molecular formula is C12H14ClF2N. The number of halogens is 3. The highest BCUT2D eigenvalue weighted by Gasteiger charge is 2.45. The Morgan fingerprint density at radius 2 is 2.12 bits per heavy atom. The van der Waals surface area contributed by atoms with E-state index in [-0.39, 0.29) is 23.9 Å². The molecule has 1 aliphatic carbocycles. The Kier molecular flexibility index (Phi) is 3.17. The van der Waals surface area contributed by atoms with Gasteiger partial charge in [0.25, 0.3) is 0 Å². The number of hydrogen-bond donors (Lipinski definition) is 1. The van der Waals surface area contributed by atoms with E-state index in [1.165, 1.54) is 6.07 Å². The Morgan fingerprint density at radius 1 is 1.44 bits per heavy atom. The van der Waals surface area contributed by atoms with Gasteiger partial charge in [-0.05, 0) is 30.4 Å². The van der Waals surface area contributed by atoms with Crippen LogP contribution in [0.3, 0.4) is 0 Å². The standard InChI is InChI=1S/C12H14ClF2N/c13-11-8(2-1-3-10(11)14)6-12(15,7-16)9-4-5-9/h1-3,9H,4-7,16H2. The van der Waals surface area contributed by atoms with Crippen molar-refractivity contribution in [1.82, 2.24) is 0 Å². The maximum Gasteiger partial charge on any atom is 0.142 e. The first-order valence-corrected chi connectivity index (χ1v) is 5.76. The molecule has 0 amide bonds. The molecule has 4 heteroatoms. The summed E-state index contributed by atoms with van der Waals surface area (Å²) in [6.07, 6.45) is 1.83. The minimum Gasteiger partial charge on any atom is -0.328 e. The summed E-state index contributed by atoms with van der Waals surface area (Å²) in [7, 11) is 0. The van der Waals surface area contributed by atoms with E-state index < -0.39 is 11.5 Å². The molecule has 1 nitrogen and oxygen atoms in total. The lowest BCUT2D eigenvalue weighted by atomic mass is 9.91. The number of hydrogen-bond acceptors (Lipinski definition) is 1. The quantitative estimate of drug-likeness (QED) is 0.867. The first-order chi connectivity index (χ1) is 7.57. The molecule has 0 spiro atoms.